The zero-order chi connectivity index (χ0) is 38.0. The molecular weight excluding hydrogens is 755 g/mol. The van der Waals surface area contributed by atoms with Crippen molar-refractivity contribution in [2.24, 2.45) is 4.99 Å². The van der Waals surface area contributed by atoms with Gasteiger partial charge in [-0.2, -0.15) is 21.6 Å². The highest BCUT2D eigenvalue weighted by atomic mass is 32.1. The highest BCUT2D eigenvalue weighted by Gasteiger charge is 2.28. The lowest BCUT2D eigenvalue weighted by atomic mass is 9.95. The maximum Gasteiger partial charge on any atom is 0.357 e. The second-order valence-corrected chi connectivity index (χ2v) is 22.7. The van der Waals surface area contributed by atoms with Gasteiger partial charge in [-0.1, -0.05) is 61.3 Å². The number of nitriles is 1. The lowest BCUT2D eigenvalue weighted by Crippen LogP contribution is -2.31. The number of rotatable bonds is 11. The number of methoxy groups -OCH3 is 1. The van der Waals surface area contributed by atoms with Gasteiger partial charge in [0.05, 0.1) is 22.9 Å². The average Bonchev–Trinajstić information content (AvgIpc) is 3.90. The Hall–Kier alpha value is -4.91. The number of aromatic hydroxyl groups is 1. The first-order chi connectivity index (χ1) is 26.0. The average molecular weight is 794 g/mol. The zero-order valence-electron chi connectivity index (χ0n) is 30.4. The van der Waals surface area contributed by atoms with Gasteiger partial charge >= 0.3 is 5.97 Å². The molecule has 0 radical (unpaired) electrons. The molecule has 1 amide bonds. The molecule has 7 rings (SSSR count). The van der Waals surface area contributed by atoms with E-state index in [4.69, 9.17) is 14.5 Å². The predicted octanol–water partition coefficient (Wildman–Crippen LogP) is 8.46. The monoisotopic (exact) mass is 793 g/mol. The summed E-state index contributed by atoms with van der Waals surface area (Å²) in [6, 6.07) is 22.3. The minimum absolute atomic E-state index is 0.0788. The number of esters is 1. The molecule has 54 heavy (non-hydrogen) atoms. The van der Waals surface area contributed by atoms with Crippen LogP contribution in [0.15, 0.2) is 76.4 Å². The fourth-order valence-electron chi connectivity index (χ4n) is 6.38. The number of amides is 1. The lowest BCUT2D eigenvalue weighted by molar-refractivity contribution is 0.0593. The van der Waals surface area contributed by atoms with Gasteiger partial charge in [-0.25, -0.2) is 9.78 Å². The van der Waals surface area contributed by atoms with Crippen molar-refractivity contribution in [3.8, 4) is 22.9 Å². The molecule has 0 saturated heterocycles. The van der Waals surface area contributed by atoms with Crippen LogP contribution < -0.4 is 9.70 Å². The third-order valence-electron chi connectivity index (χ3n) is 9.36. The molecule has 1 aliphatic rings. The Bertz CT molecular complexity index is 2490. The van der Waals surface area contributed by atoms with Gasteiger partial charge in [0.15, 0.2) is 15.6 Å². The Morgan fingerprint density at radius 3 is 2.70 bits per heavy atom. The van der Waals surface area contributed by atoms with E-state index >= 15 is 0 Å². The lowest BCUT2D eigenvalue weighted by Gasteiger charge is -2.29. The number of phenolic OH excluding ortho intramolecular Hbond substituents is 1. The summed E-state index contributed by atoms with van der Waals surface area (Å²) >= 11 is 4.27. The number of anilines is 1. The molecule has 1 N–H and O–H groups in total. The van der Waals surface area contributed by atoms with Crippen molar-refractivity contribution in [1.82, 2.24) is 9.55 Å². The number of carbonyl (C=O) groups is 2. The summed E-state index contributed by atoms with van der Waals surface area (Å²) in [6.45, 7) is 8.97. The molecular formula is C40H39N5O5S3Si. The maximum absolute atomic E-state index is 14.1. The fraction of sp³-hybridized carbons (Fsp3) is 0.275. The molecule has 0 unspecified atom stereocenters. The second-order valence-electron chi connectivity index (χ2n) is 14.3. The van der Waals surface area contributed by atoms with Crippen molar-refractivity contribution in [3.05, 3.63) is 115 Å². The van der Waals surface area contributed by atoms with Crippen LogP contribution in [-0.4, -0.2) is 54.9 Å². The Labute approximate surface area is 326 Å². The van der Waals surface area contributed by atoms with E-state index in [1.165, 1.54) is 41.1 Å². The number of phenols is 1. The summed E-state index contributed by atoms with van der Waals surface area (Å²) in [5, 5.41) is 24.7. The van der Waals surface area contributed by atoms with Crippen LogP contribution in [0, 0.1) is 11.3 Å². The number of benzene rings is 3. The molecule has 276 valence electrons. The van der Waals surface area contributed by atoms with Crippen LogP contribution in [0.4, 0.5) is 5.13 Å². The summed E-state index contributed by atoms with van der Waals surface area (Å²) in [5.41, 5.74) is 6.39. The van der Waals surface area contributed by atoms with Gasteiger partial charge in [0.1, 0.15) is 18.5 Å². The smallest absolute Gasteiger partial charge is 0.357 e. The molecule has 1 aliphatic heterocycles. The third-order valence-corrected chi connectivity index (χ3v) is 14.0. The topological polar surface area (TPSA) is 130 Å². The van der Waals surface area contributed by atoms with Crippen LogP contribution in [0.5, 0.6) is 5.75 Å². The largest absolute Gasteiger partial charge is 0.508 e. The first-order valence-electron chi connectivity index (χ1n) is 17.5. The number of fused-ring (bicyclic) bond motifs is 2. The van der Waals surface area contributed by atoms with Crippen LogP contribution in [0.1, 0.15) is 48.0 Å². The predicted molar refractivity (Wildman–Crippen MR) is 217 cm³/mol. The number of carbonyl (C=O) groups excluding carboxylic acids is 2. The highest BCUT2D eigenvalue weighted by molar-refractivity contribution is 7.16. The van der Waals surface area contributed by atoms with E-state index in [9.17, 15) is 20.0 Å². The molecule has 0 saturated carbocycles. The van der Waals surface area contributed by atoms with E-state index in [2.05, 4.69) is 35.6 Å². The summed E-state index contributed by atoms with van der Waals surface area (Å²) in [7, 11) is 0.0567. The molecule has 0 aliphatic carbocycles. The van der Waals surface area contributed by atoms with Gasteiger partial charge in [0.25, 0.3) is 5.91 Å². The Morgan fingerprint density at radius 2 is 1.91 bits per heavy atom. The van der Waals surface area contributed by atoms with E-state index in [1.54, 1.807) is 17.5 Å². The van der Waals surface area contributed by atoms with Gasteiger partial charge in [-0.15, -0.1) is 11.3 Å². The Kier molecular flexibility index (Phi) is 11.0. The van der Waals surface area contributed by atoms with Crippen LogP contribution in [0.25, 0.3) is 21.3 Å². The molecule has 3 aromatic carbocycles. The summed E-state index contributed by atoms with van der Waals surface area (Å²) in [6.07, 6.45) is 0.912. The summed E-state index contributed by atoms with van der Waals surface area (Å²) < 4.78 is 14.2. The normalized spacial score (nSPS) is 13.2. The summed E-state index contributed by atoms with van der Waals surface area (Å²) in [4.78, 5) is 39.8. The van der Waals surface area contributed by atoms with Gasteiger partial charge in [0, 0.05) is 55.6 Å². The third kappa shape index (κ3) is 7.96. The quantitative estimate of drug-likeness (QED) is 0.0786. The SMILES string of the molecule is COC(=O)c1nc(N2CCc3cccc(C(=O)N=c4sc5ccccc5n4COCC[Si](C)(C)C)c3C2)sc1Cc1cc(-c2cscc2C#N)ccc1O. The standard InChI is InChI=1S/C40H39N5O5S3Si/c1-49-38(48)36-35(19-27-18-26(12-13-33(27)46)31-23-51-22-28(31)20-41)53-39(42-36)44-15-14-25-8-7-9-29(30(25)21-44)37(47)43-40-45(24-50-16-17-54(2,3)4)32-10-5-6-11-34(32)52-40/h5-13,18,22-23,46H,14-17,19,21,24H2,1-4H3. The molecule has 10 nitrogen and oxygen atoms in total. The maximum atomic E-state index is 14.1. The zero-order valence-corrected chi connectivity index (χ0v) is 33.9. The number of hydrogen-bond donors (Lipinski definition) is 1. The number of ether oxygens (including phenoxy) is 2. The van der Waals surface area contributed by atoms with Crippen molar-refractivity contribution in [2.75, 3.05) is 25.2 Å². The van der Waals surface area contributed by atoms with E-state index in [1.807, 2.05) is 58.5 Å². The number of aromatic nitrogens is 2. The second kappa shape index (κ2) is 15.8. The van der Waals surface area contributed by atoms with Crippen molar-refractivity contribution in [1.29, 1.82) is 5.26 Å². The van der Waals surface area contributed by atoms with E-state index in [0.717, 1.165) is 38.5 Å². The van der Waals surface area contributed by atoms with Gasteiger partial charge in [0.2, 0.25) is 0 Å². The van der Waals surface area contributed by atoms with Crippen LogP contribution in [-0.2, 0) is 35.6 Å². The van der Waals surface area contributed by atoms with Crippen molar-refractivity contribution in [3.63, 3.8) is 0 Å². The first-order valence-corrected chi connectivity index (χ1v) is 23.8. The van der Waals surface area contributed by atoms with Crippen molar-refractivity contribution in [2.45, 2.75) is 51.8 Å². The van der Waals surface area contributed by atoms with Gasteiger partial charge in [-0.3, -0.25) is 9.36 Å². The number of nitrogens with zero attached hydrogens (tertiary/aromatic N) is 5. The molecule has 0 fully saturated rings. The summed E-state index contributed by atoms with van der Waals surface area (Å²) in [5.74, 6) is -0.817. The molecule has 6 aromatic rings. The van der Waals surface area contributed by atoms with Gasteiger partial charge < -0.3 is 19.5 Å². The first kappa shape index (κ1) is 37.4. The number of thiazole rings is 2. The van der Waals surface area contributed by atoms with Crippen LogP contribution in [0.2, 0.25) is 25.7 Å². The molecule has 14 heteroatoms. The fourth-order valence-corrected chi connectivity index (χ4v) is 10.0. The van der Waals surface area contributed by atoms with E-state index < -0.39 is 14.0 Å². The molecule has 3 aromatic heterocycles. The van der Waals surface area contributed by atoms with E-state index in [0.29, 0.717) is 64.3 Å². The number of para-hydroxylation sites is 1. The van der Waals surface area contributed by atoms with Crippen LogP contribution >= 0.6 is 34.0 Å². The van der Waals surface area contributed by atoms with Crippen molar-refractivity contribution < 1.29 is 24.2 Å². The van der Waals surface area contributed by atoms with Crippen molar-refractivity contribution >= 4 is 69.3 Å². The molecule has 0 spiro atoms. The minimum Gasteiger partial charge on any atom is -0.508 e. The molecule has 0 bridgehead atoms. The Balaban J connectivity index is 1.18. The van der Waals surface area contributed by atoms with E-state index in [-0.39, 0.29) is 23.8 Å². The Morgan fingerprint density at radius 1 is 1.07 bits per heavy atom. The highest BCUT2D eigenvalue weighted by Crippen LogP contribution is 2.36. The molecule has 0 atom stereocenters. The van der Waals surface area contributed by atoms with Gasteiger partial charge in [-0.05, 0) is 70.4 Å². The van der Waals surface area contributed by atoms with Crippen LogP contribution in [0.3, 0.4) is 0 Å². The number of hydrogen-bond acceptors (Lipinski definition) is 11. The molecule has 4 heterocycles. The minimum atomic E-state index is -1.26. The number of thiophene rings is 1.